The van der Waals surface area contributed by atoms with Crippen molar-refractivity contribution in [3.05, 3.63) is 23.3 Å². The summed E-state index contributed by atoms with van der Waals surface area (Å²) in [6.07, 6.45) is 6.38. The first-order chi connectivity index (χ1) is 11.2. The Bertz CT molecular complexity index is 703. The van der Waals surface area contributed by atoms with Gasteiger partial charge in [-0.15, -0.1) is 0 Å². The van der Waals surface area contributed by atoms with E-state index in [0.29, 0.717) is 29.3 Å². The maximum absolute atomic E-state index is 12.5. The van der Waals surface area contributed by atoms with Crippen molar-refractivity contribution in [1.82, 2.24) is 0 Å². The van der Waals surface area contributed by atoms with Crippen LogP contribution in [-0.2, 0) is 11.2 Å². The lowest BCUT2D eigenvalue weighted by Crippen LogP contribution is -2.47. The van der Waals surface area contributed by atoms with Crippen molar-refractivity contribution < 1.29 is 9.90 Å². The Morgan fingerprint density at radius 1 is 1.12 bits per heavy atom. The third kappa shape index (κ3) is 2.23. The lowest BCUT2D eigenvalue weighted by atomic mass is 9.55. The number of fused-ring (bicyclic) bond motifs is 5. The third-order valence-electron chi connectivity index (χ3n) is 7.32. The van der Waals surface area contributed by atoms with Crippen LogP contribution in [0.5, 0.6) is 5.75 Å². The number of carbonyl (C=O) groups excluding carboxylic acids is 1. The van der Waals surface area contributed by atoms with Gasteiger partial charge in [0.05, 0.1) is 8.07 Å². The Morgan fingerprint density at radius 3 is 2.58 bits per heavy atom. The first kappa shape index (κ1) is 16.4. The zero-order valence-electron chi connectivity index (χ0n) is 15.5. The van der Waals surface area contributed by atoms with Crippen molar-refractivity contribution in [2.45, 2.75) is 71.0 Å². The fourth-order valence-corrected chi connectivity index (χ4v) is 7.84. The molecule has 4 atom stereocenters. The molecule has 3 aliphatic carbocycles. The van der Waals surface area contributed by atoms with Gasteiger partial charge in [-0.1, -0.05) is 31.8 Å². The van der Waals surface area contributed by atoms with Gasteiger partial charge in [-0.05, 0) is 73.1 Å². The van der Waals surface area contributed by atoms with E-state index in [2.05, 4.69) is 32.6 Å². The Balaban J connectivity index is 1.81. The van der Waals surface area contributed by atoms with Gasteiger partial charge in [-0.25, -0.2) is 0 Å². The summed E-state index contributed by atoms with van der Waals surface area (Å²) >= 11 is 0. The van der Waals surface area contributed by atoms with Crippen LogP contribution in [0.3, 0.4) is 0 Å². The highest BCUT2D eigenvalue weighted by atomic mass is 28.3. The molecule has 24 heavy (non-hydrogen) atoms. The van der Waals surface area contributed by atoms with E-state index in [9.17, 15) is 9.90 Å². The highest BCUT2D eigenvalue weighted by Gasteiger charge is 2.55. The second kappa shape index (κ2) is 5.20. The standard InChI is InChI=1S/C21H30O2Si/c1-21-10-9-16-15(17(21)7-8-19(21)23)6-5-13-11-14(22)12-18(20(13)16)24(2,3)4/h11-12,15-17,22H,5-10H2,1-4H3/t15-,16+,17+,21+/m1/s1. The van der Waals surface area contributed by atoms with Gasteiger partial charge in [-0.2, -0.15) is 0 Å². The van der Waals surface area contributed by atoms with E-state index < -0.39 is 8.07 Å². The Morgan fingerprint density at radius 2 is 1.88 bits per heavy atom. The maximum Gasteiger partial charge on any atom is 0.139 e. The molecule has 0 aromatic heterocycles. The molecule has 1 aromatic carbocycles. The Hall–Kier alpha value is -1.09. The second-order valence-electron chi connectivity index (χ2n) is 9.65. The number of benzene rings is 1. The average molecular weight is 343 g/mol. The zero-order valence-corrected chi connectivity index (χ0v) is 16.5. The topological polar surface area (TPSA) is 37.3 Å². The van der Waals surface area contributed by atoms with Gasteiger partial charge in [0.2, 0.25) is 0 Å². The highest BCUT2D eigenvalue weighted by Crippen LogP contribution is 2.59. The SMILES string of the molecule is C[C@]12CC[C@@H]3c4c(cc(O)cc4[Si](C)(C)C)CC[C@H]3[C@@H]1CCC2=O. The molecule has 3 aliphatic rings. The number of aromatic hydroxyl groups is 1. The van der Waals surface area contributed by atoms with Gasteiger partial charge < -0.3 is 5.11 Å². The lowest BCUT2D eigenvalue weighted by molar-refractivity contribution is -0.129. The van der Waals surface area contributed by atoms with Crippen molar-refractivity contribution in [2.24, 2.45) is 17.3 Å². The molecule has 0 heterocycles. The summed E-state index contributed by atoms with van der Waals surface area (Å²) in [5, 5.41) is 11.7. The minimum Gasteiger partial charge on any atom is -0.508 e. The summed E-state index contributed by atoms with van der Waals surface area (Å²) in [5.74, 6) is 2.83. The number of phenolic OH excluding ortho intramolecular Hbond substituents is 1. The molecular formula is C21H30O2Si. The van der Waals surface area contributed by atoms with E-state index in [1.54, 1.807) is 5.56 Å². The van der Waals surface area contributed by atoms with Crippen molar-refractivity contribution in [3.63, 3.8) is 0 Å². The molecule has 0 amide bonds. The van der Waals surface area contributed by atoms with Crippen molar-refractivity contribution in [1.29, 1.82) is 0 Å². The molecule has 3 heteroatoms. The normalized spacial score (nSPS) is 35.3. The van der Waals surface area contributed by atoms with E-state index in [1.165, 1.54) is 17.2 Å². The fourth-order valence-electron chi connectivity index (χ4n) is 6.10. The van der Waals surface area contributed by atoms with E-state index in [0.717, 1.165) is 32.1 Å². The quantitative estimate of drug-likeness (QED) is 0.770. The average Bonchev–Trinajstić information content (AvgIpc) is 2.81. The van der Waals surface area contributed by atoms with Gasteiger partial charge in [0.1, 0.15) is 11.5 Å². The lowest BCUT2D eigenvalue weighted by Gasteiger charge is -2.49. The van der Waals surface area contributed by atoms with Gasteiger partial charge in [0, 0.05) is 11.8 Å². The molecule has 0 aliphatic heterocycles. The van der Waals surface area contributed by atoms with Gasteiger partial charge in [-0.3, -0.25) is 4.79 Å². The van der Waals surface area contributed by atoms with Crippen molar-refractivity contribution in [3.8, 4) is 5.75 Å². The van der Waals surface area contributed by atoms with Crippen LogP contribution >= 0.6 is 0 Å². The van der Waals surface area contributed by atoms with Crippen LogP contribution in [0.1, 0.15) is 56.1 Å². The molecular weight excluding hydrogens is 312 g/mol. The third-order valence-corrected chi connectivity index (χ3v) is 9.35. The van der Waals surface area contributed by atoms with E-state index in [-0.39, 0.29) is 5.41 Å². The minimum absolute atomic E-state index is 0.0467. The molecule has 2 fully saturated rings. The van der Waals surface area contributed by atoms with Crippen LogP contribution in [0.4, 0.5) is 0 Å². The zero-order chi connectivity index (χ0) is 17.3. The van der Waals surface area contributed by atoms with Crippen LogP contribution < -0.4 is 5.19 Å². The first-order valence-electron chi connectivity index (χ1n) is 9.61. The molecule has 130 valence electrons. The monoisotopic (exact) mass is 342 g/mol. The molecule has 4 rings (SSSR count). The summed E-state index contributed by atoms with van der Waals surface area (Å²) in [5.41, 5.74) is 2.92. The first-order valence-corrected chi connectivity index (χ1v) is 13.1. The molecule has 2 saturated carbocycles. The number of rotatable bonds is 1. The molecule has 2 nitrogen and oxygen atoms in total. The number of aryl methyl sites for hydroxylation is 1. The van der Waals surface area contributed by atoms with Crippen LogP contribution in [0.25, 0.3) is 0 Å². The van der Waals surface area contributed by atoms with E-state index in [1.807, 2.05) is 6.07 Å². The summed E-state index contributed by atoms with van der Waals surface area (Å²) in [6, 6.07) is 4.07. The number of phenols is 1. The molecule has 1 N–H and O–H groups in total. The number of carbonyl (C=O) groups is 1. The highest BCUT2D eigenvalue weighted by molar-refractivity contribution is 6.89. The van der Waals surface area contributed by atoms with E-state index >= 15 is 0 Å². The van der Waals surface area contributed by atoms with E-state index in [4.69, 9.17) is 0 Å². The fraction of sp³-hybridized carbons (Fsp3) is 0.667. The molecule has 0 spiro atoms. The van der Waals surface area contributed by atoms with Gasteiger partial charge in [0.15, 0.2) is 0 Å². The summed E-state index contributed by atoms with van der Waals surface area (Å²) < 4.78 is 0. The van der Waals surface area contributed by atoms with Crippen LogP contribution in [0.2, 0.25) is 19.6 Å². The van der Waals surface area contributed by atoms with Crippen LogP contribution in [0.15, 0.2) is 12.1 Å². The summed E-state index contributed by atoms with van der Waals surface area (Å²) in [4.78, 5) is 12.5. The molecule has 0 radical (unpaired) electrons. The predicted molar refractivity (Wildman–Crippen MR) is 101 cm³/mol. The number of hydrogen-bond donors (Lipinski definition) is 1. The number of hydrogen-bond acceptors (Lipinski definition) is 2. The smallest absolute Gasteiger partial charge is 0.139 e. The summed E-state index contributed by atoms with van der Waals surface area (Å²) in [7, 11) is -1.51. The van der Waals surface area contributed by atoms with Crippen LogP contribution in [0, 0.1) is 17.3 Å². The molecule has 0 unspecified atom stereocenters. The predicted octanol–water partition coefficient (Wildman–Crippen LogP) is 4.36. The largest absolute Gasteiger partial charge is 0.508 e. The minimum atomic E-state index is -1.51. The maximum atomic E-state index is 12.5. The second-order valence-corrected chi connectivity index (χ2v) is 14.7. The van der Waals surface area contributed by atoms with Gasteiger partial charge >= 0.3 is 0 Å². The Labute approximate surface area is 146 Å². The summed E-state index contributed by atoms with van der Waals surface area (Å²) in [6.45, 7) is 9.40. The van der Waals surface area contributed by atoms with Crippen molar-refractivity contribution in [2.75, 3.05) is 0 Å². The molecule has 1 aromatic rings. The van der Waals surface area contributed by atoms with Gasteiger partial charge in [0.25, 0.3) is 0 Å². The van der Waals surface area contributed by atoms with Crippen LogP contribution in [-0.4, -0.2) is 19.0 Å². The number of Topliss-reactive ketones (excluding diaryl/α,β-unsaturated/α-hetero) is 1. The number of ketones is 1. The Kier molecular flexibility index (Phi) is 3.55. The van der Waals surface area contributed by atoms with Crippen molar-refractivity contribution >= 4 is 19.0 Å². The molecule has 0 saturated heterocycles. The molecule has 0 bridgehead atoms.